The van der Waals surface area contributed by atoms with Gasteiger partial charge in [0.1, 0.15) is 18.0 Å². The monoisotopic (exact) mass is 172 g/mol. The summed E-state index contributed by atoms with van der Waals surface area (Å²) in [6.45, 7) is 0. The summed E-state index contributed by atoms with van der Waals surface area (Å²) in [5.74, 6) is 0. The molecule has 1 aliphatic rings. The molecule has 2 heteroatoms. The van der Waals surface area contributed by atoms with Crippen LogP contribution in [0, 0.1) is 0 Å². The average Bonchev–Trinajstić information content (AvgIpc) is 2.58. The van der Waals surface area contributed by atoms with E-state index in [4.69, 9.17) is 0 Å². The highest BCUT2D eigenvalue weighted by molar-refractivity contribution is 5.99. The smallest absolute Gasteiger partial charge is 0.141 e. The van der Waals surface area contributed by atoms with Gasteiger partial charge in [0.2, 0.25) is 0 Å². The summed E-state index contributed by atoms with van der Waals surface area (Å²) in [5.41, 5.74) is 0.693. The molecule has 0 spiro atoms. The van der Waals surface area contributed by atoms with Crippen molar-refractivity contribution in [3.8, 4) is 0 Å². The van der Waals surface area contributed by atoms with Crippen molar-refractivity contribution in [1.82, 2.24) is 0 Å². The number of hydrogen-bond donors (Lipinski definition) is 0. The van der Waals surface area contributed by atoms with Crippen molar-refractivity contribution in [1.29, 1.82) is 0 Å². The van der Waals surface area contributed by atoms with Crippen LogP contribution in [0.5, 0.6) is 0 Å². The second-order valence-electron chi connectivity index (χ2n) is 3.09. The van der Waals surface area contributed by atoms with Crippen LogP contribution in [0.3, 0.4) is 0 Å². The zero-order valence-corrected chi connectivity index (χ0v) is 6.94. The van der Waals surface area contributed by atoms with E-state index in [9.17, 15) is 9.59 Å². The largest absolute Gasteiger partial charge is 0.302 e. The maximum atomic E-state index is 10.8. The van der Waals surface area contributed by atoms with Crippen molar-refractivity contribution in [2.24, 2.45) is 0 Å². The fourth-order valence-electron chi connectivity index (χ4n) is 1.59. The molecule has 0 aromatic heterocycles. The minimum Gasteiger partial charge on any atom is -0.302 e. The summed E-state index contributed by atoms with van der Waals surface area (Å²) < 4.78 is 0. The van der Waals surface area contributed by atoms with Crippen LogP contribution in [0.1, 0.15) is 11.1 Å². The van der Waals surface area contributed by atoms with E-state index in [1.54, 1.807) is 18.2 Å². The maximum absolute atomic E-state index is 10.8. The first-order valence-corrected chi connectivity index (χ1v) is 4.04. The van der Waals surface area contributed by atoms with E-state index in [1.807, 2.05) is 18.2 Å². The van der Waals surface area contributed by atoms with Gasteiger partial charge in [0.15, 0.2) is 0 Å². The first-order valence-electron chi connectivity index (χ1n) is 4.04. The number of aldehydes is 2. The van der Waals surface area contributed by atoms with Crippen LogP contribution in [-0.4, -0.2) is 12.6 Å². The van der Waals surface area contributed by atoms with Gasteiger partial charge < -0.3 is 9.59 Å². The summed E-state index contributed by atoms with van der Waals surface area (Å²) in [6.07, 6.45) is 4.81. The van der Waals surface area contributed by atoms with Crippen molar-refractivity contribution in [2.45, 2.75) is 5.41 Å². The predicted octanol–water partition coefficient (Wildman–Crippen LogP) is 1.35. The van der Waals surface area contributed by atoms with Crippen LogP contribution < -0.4 is 0 Å². The van der Waals surface area contributed by atoms with E-state index in [-0.39, 0.29) is 0 Å². The number of carbonyl (C=O) groups excluding carboxylic acids is 2. The molecule has 0 saturated heterocycles. The van der Waals surface area contributed by atoms with Gasteiger partial charge in [0.25, 0.3) is 0 Å². The van der Waals surface area contributed by atoms with Gasteiger partial charge in [0.05, 0.1) is 0 Å². The lowest BCUT2D eigenvalue weighted by Gasteiger charge is -2.13. The summed E-state index contributed by atoms with van der Waals surface area (Å²) in [7, 11) is 0. The quantitative estimate of drug-likeness (QED) is 0.498. The Balaban J connectivity index is 2.66. The molecule has 0 N–H and O–H groups in total. The number of hydrogen-bond acceptors (Lipinski definition) is 2. The van der Waals surface area contributed by atoms with Crippen LogP contribution in [0.4, 0.5) is 0 Å². The standard InChI is InChI=1S/C11H8O2/c12-7-11(8-13)6-5-9-3-1-2-4-10(9)11/h1-8H. The molecule has 0 bridgehead atoms. The second kappa shape index (κ2) is 2.66. The van der Waals surface area contributed by atoms with E-state index < -0.39 is 5.41 Å². The Morgan fingerprint density at radius 3 is 2.46 bits per heavy atom. The van der Waals surface area contributed by atoms with Crippen molar-refractivity contribution in [2.75, 3.05) is 0 Å². The number of benzene rings is 1. The number of rotatable bonds is 2. The lowest BCUT2D eigenvalue weighted by molar-refractivity contribution is -0.119. The minimum atomic E-state index is -1.03. The molecule has 13 heavy (non-hydrogen) atoms. The van der Waals surface area contributed by atoms with Crippen molar-refractivity contribution < 1.29 is 9.59 Å². The summed E-state index contributed by atoms with van der Waals surface area (Å²) >= 11 is 0. The Hall–Kier alpha value is -1.70. The van der Waals surface area contributed by atoms with Crippen molar-refractivity contribution >= 4 is 18.6 Å². The van der Waals surface area contributed by atoms with Gasteiger partial charge in [-0.3, -0.25) is 0 Å². The minimum absolute atomic E-state index is 0.683. The van der Waals surface area contributed by atoms with Crippen molar-refractivity contribution in [3.05, 3.63) is 41.5 Å². The molecule has 0 unspecified atom stereocenters. The van der Waals surface area contributed by atoms with Gasteiger partial charge in [-0.2, -0.15) is 0 Å². The molecular weight excluding hydrogens is 164 g/mol. The van der Waals surface area contributed by atoms with Gasteiger partial charge in [-0.1, -0.05) is 36.4 Å². The molecule has 2 nitrogen and oxygen atoms in total. The lowest BCUT2D eigenvalue weighted by atomic mass is 9.86. The van der Waals surface area contributed by atoms with E-state index in [2.05, 4.69) is 0 Å². The van der Waals surface area contributed by atoms with Gasteiger partial charge in [-0.15, -0.1) is 0 Å². The van der Waals surface area contributed by atoms with Crippen LogP contribution in [0.15, 0.2) is 30.3 Å². The normalized spacial score (nSPS) is 16.6. The molecule has 1 aromatic carbocycles. The highest BCUT2D eigenvalue weighted by atomic mass is 16.1. The Labute approximate surface area is 75.9 Å². The average molecular weight is 172 g/mol. The van der Waals surface area contributed by atoms with Crippen LogP contribution in [0.2, 0.25) is 0 Å². The lowest BCUT2D eigenvalue weighted by Crippen LogP contribution is -2.25. The Bertz CT molecular complexity index is 383. The molecule has 0 saturated carbocycles. The van der Waals surface area contributed by atoms with Crippen LogP contribution >= 0.6 is 0 Å². The molecule has 64 valence electrons. The SMILES string of the molecule is O=CC1(C=O)C=Cc2ccccc21. The van der Waals surface area contributed by atoms with Crippen LogP contribution in [0.25, 0.3) is 6.08 Å². The Kier molecular flexibility index (Phi) is 1.62. The van der Waals surface area contributed by atoms with E-state index in [0.717, 1.165) is 11.1 Å². The zero-order valence-electron chi connectivity index (χ0n) is 6.94. The van der Waals surface area contributed by atoms with E-state index in [1.165, 1.54) is 0 Å². The van der Waals surface area contributed by atoms with Gasteiger partial charge in [0, 0.05) is 0 Å². The molecule has 0 amide bonds. The Morgan fingerprint density at radius 2 is 1.77 bits per heavy atom. The van der Waals surface area contributed by atoms with Gasteiger partial charge in [-0.25, -0.2) is 0 Å². The summed E-state index contributed by atoms with van der Waals surface area (Å²) in [6, 6.07) is 7.40. The molecule has 0 heterocycles. The first kappa shape index (κ1) is 7.92. The highest BCUT2D eigenvalue weighted by Crippen LogP contribution is 2.32. The van der Waals surface area contributed by atoms with Crippen molar-refractivity contribution in [3.63, 3.8) is 0 Å². The number of fused-ring (bicyclic) bond motifs is 1. The third-order valence-electron chi connectivity index (χ3n) is 2.36. The van der Waals surface area contributed by atoms with Gasteiger partial charge in [-0.05, 0) is 11.1 Å². The van der Waals surface area contributed by atoms with Gasteiger partial charge >= 0.3 is 0 Å². The molecule has 0 fully saturated rings. The Morgan fingerprint density at radius 1 is 1.08 bits per heavy atom. The predicted molar refractivity (Wildman–Crippen MR) is 49.3 cm³/mol. The molecule has 0 aliphatic heterocycles. The second-order valence-corrected chi connectivity index (χ2v) is 3.09. The molecule has 0 radical (unpaired) electrons. The molecule has 1 aromatic rings. The molecule has 2 rings (SSSR count). The fourth-order valence-corrected chi connectivity index (χ4v) is 1.59. The van der Waals surface area contributed by atoms with E-state index >= 15 is 0 Å². The highest BCUT2D eigenvalue weighted by Gasteiger charge is 2.33. The summed E-state index contributed by atoms with van der Waals surface area (Å²) in [4.78, 5) is 21.7. The third-order valence-corrected chi connectivity index (χ3v) is 2.36. The third kappa shape index (κ3) is 0.952. The van der Waals surface area contributed by atoms with Crippen LogP contribution in [-0.2, 0) is 15.0 Å². The summed E-state index contributed by atoms with van der Waals surface area (Å²) in [5, 5.41) is 0. The fraction of sp³-hybridized carbons (Fsp3) is 0.0909. The number of carbonyl (C=O) groups is 2. The molecule has 1 aliphatic carbocycles. The molecular formula is C11H8O2. The topological polar surface area (TPSA) is 34.1 Å². The molecule has 0 atom stereocenters. The first-order chi connectivity index (χ1) is 6.32. The van der Waals surface area contributed by atoms with E-state index in [0.29, 0.717) is 12.6 Å². The maximum Gasteiger partial charge on any atom is 0.141 e. The number of allylic oxidation sites excluding steroid dienone is 1. The zero-order chi connectivity index (χ0) is 9.31.